The van der Waals surface area contributed by atoms with Gasteiger partial charge in [0.2, 0.25) is 0 Å². The van der Waals surface area contributed by atoms with E-state index < -0.39 is 6.10 Å². The number of carbonyl (C=O) groups is 1. The number of hydrogen-bond acceptors (Lipinski definition) is 3. The number of anilines is 1. The number of carbonyl (C=O) groups excluding carboxylic acids is 1. The maximum Gasteiger partial charge on any atom is 0.265 e. The fourth-order valence-corrected chi connectivity index (χ4v) is 2.51. The molecule has 22 heavy (non-hydrogen) atoms. The Bertz CT molecular complexity index is 631. The first kappa shape index (κ1) is 16.4. The molecular weight excluding hydrogens is 301 g/mol. The molecule has 0 bridgehead atoms. The van der Waals surface area contributed by atoms with Crippen molar-refractivity contribution in [2.75, 3.05) is 11.6 Å². The molecule has 0 unspecified atom stereocenters. The van der Waals surface area contributed by atoms with Gasteiger partial charge in [0, 0.05) is 4.90 Å². The molecule has 1 amide bonds. The fourth-order valence-electron chi connectivity index (χ4n) is 1.96. The predicted octanol–water partition coefficient (Wildman–Crippen LogP) is 4.34. The number of benzene rings is 2. The summed E-state index contributed by atoms with van der Waals surface area (Å²) in [4.78, 5) is 13.4. The van der Waals surface area contributed by atoms with Crippen LogP contribution in [0.3, 0.4) is 0 Å². The number of halogens is 1. The average Bonchev–Trinajstić information content (AvgIpc) is 2.54. The van der Waals surface area contributed by atoms with E-state index in [2.05, 4.69) is 5.32 Å². The van der Waals surface area contributed by atoms with E-state index in [-0.39, 0.29) is 11.7 Å². The number of para-hydroxylation sites is 1. The molecule has 2 rings (SSSR count). The van der Waals surface area contributed by atoms with Crippen molar-refractivity contribution in [2.45, 2.75) is 24.3 Å². The van der Waals surface area contributed by atoms with Gasteiger partial charge >= 0.3 is 0 Å². The van der Waals surface area contributed by atoms with E-state index in [0.29, 0.717) is 12.2 Å². The molecular formula is C17H18FNO2S. The van der Waals surface area contributed by atoms with Crippen molar-refractivity contribution in [2.24, 2.45) is 0 Å². The van der Waals surface area contributed by atoms with Crippen LogP contribution in [0, 0.1) is 5.82 Å². The van der Waals surface area contributed by atoms with Gasteiger partial charge in [0.1, 0.15) is 11.6 Å². The van der Waals surface area contributed by atoms with Crippen molar-refractivity contribution in [3.8, 4) is 5.75 Å². The number of thioether (sulfide) groups is 1. The second-order valence-electron chi connectivity index (χ2n) is 4.66. The molecule has 0 aliphatic carbocycles. The van der Waals surface area contributed by atoms with Crippen LogP contribution in [-0.2, 0) is 4.79 Å². The summed E-state index contributed by atoms with van der Waals surface area (Å²) in [5.41, 5.74) is 0.765. The lowest BCUT2D eigenvalue weighted by molar-refractivity contribution is -0.122. The van der Waals surface area contributed by atoms with Crippen LogP contribution in [-0.4, -0.2) is 18.3 Å². The van der Waals surface area contributed by atoms with Gasteiger partial charge in [0.05, 0.1) is 5.69 Å². The zero-order valence-corrected chi connectivity index (χ0v) is 13.3. The van der Waals surface area contributed by atoms with E-state index in [0.717, 1.165) is 10.6 Å². The zero-order chi connectivity index (χ0) is 15.9. The Kier molecular flexibility index (Phi) is 5.83. The van der Waals surface area contributed by atoms with Gasteiger partial charge in [-0.15, -0.1) is 11.8 Å². The molecule has 0 radical (unpaired) electrons. The van der Waals surface area contributed by atoms with Gasteiger partial charge in [-0.1, -0.05) is 19.1 Å². The second kappa shape index (κ2) is 7.84. The van der Waals surface area contributed by atoms with E-state index >= 15 is 0 Å². The molecule has 3 nitrogen and oxygen atoms in total. The quantitative estimate of drug-likeness (QED) is 0.805. The van der Waals surface area contributed by atoms with Gasteiger partial charge in [-0.2, -0.15) is 0 Å². The number of rotatable bonds is 6. The van der Waals surface area contributed by atoms with Crippen LogP contribution < -0.4 is 10.1 Å². The van der Waals surface area contributed by atoms with Gasteiger partial charge < -0.3 is 10.1 Å². The highest BCUT2D eigenvalue weighted by Gasteiger charge is 2.19. The topological polar surface area (TPSA) is 38.3 Å². The Balaban J connectivity index is 2.07. The summed E-state index contributed by atoms with van der Waals surface area (Å²) in [6, 6.07) is 13.2. The molecule has 0 saturated heterocycles. The van der Waals surface area contributed by atoms with Crippen molar-refractivity contribution >= 4 is 23.4 Å². The minimum Gasteiger partial charge on any atom is -0.481 e. The van der Waals surface area contributed by atoms with E-state index in [1.807, 2.05) is 37.4 Å². The van der Waals surface area contributed by atoms with Crippen LogP contribution in [0.1, 0.15) is 13.3 Å². The summed E-state index contributed by atoms with van der Waals surface area (Å²) >= 11 is 1.57. The first-order valence-corrected chi connectivity index (χ1v) is 8.22. The third kappa shape index (κ3) is 4.24. The molecule has 1 atom stereocenters. The minimum atomic E-state index is -0.625. The van der Waals surface area contributed by atoms with Crippen LogP contribution in [0.25, 0.3) is 0 Å². The summed E-state index contributed by atoms with van der Waals surface area (Å²) < 4.78 is 18.5. The van der Waals surface area contributed by atoms with E-state index in [1.54, 1.807) is 11.8 Å². The number of ether oxygens (including phenoxy) is 1. The third-order valence-electron chi connectivity index (χ3n) is 3.12. The summed E-state index contributed by atoms with van der Waals surface area (Å²) in [7, 11) is 0. The summed E-state index contributed by atoms with van der Waals surface area (Å²) in [5, 5.41) is 2.89. The highest BCUT2D eigenvalue weighted by Crippen LogP contribution is 2.25. The van der Waals surface area contributed by atoms with E-state index in [4.69, 9.17) is 4.74 Å². The number of amides is 1. The molecule has 0 heterocycles. The van der Waals surface area contributed by atoms with Crippen LogP contribution in [0.15, 0.2) is 53.4 Å². The molecule has 0 spiro atoms. The normalized spacial score (nSPS) is 11.8. The second-order valence-corrected chi connectivity index (χ2v) is 5.51. The van der Waals surface area contributed by atoms with Crippen LogP contribution in [0.4, 0.5) is 10.1 Å². The first-order chi connectivity index (χ1) is 10.6. The van der Waals surface area contributed by atoms with Crippen molar-refractivity contribution in [1.29, 1.82) is 0 Å². The maximum absolute atomic E-state index is 12.9. The van der Waals surface area contributed by atoms with Gasteiger partial charge in [-0.05, 0) is 49.1 Å². The molecule has 0 aliphatic rings. The van der Waals surface area contributed by atoms with Crippen molar-refractivity contribution < 1.29 is 13.9 Å². The van der Waals surface area contributed by atoms with Crippen molar-refractivity contribution in [3.05, 3.63) is 54.3 Å². The predicted molar refractivity (Wildman–Crippen MR) is 88.0 cm³/mol. The smallest absolute Gasteiger partial charge is 0.265 e. The standard InChI is InChI=1S/C17H18FNO2S/c1-3-15(21-13-10-8-12(18)9-11-13)17(20)19-14-6-4-5-7-16(14)22-2/h4-11,15H,3H2,1-2H3,(H,19,20)/t15-/m0/s1. The summed E-state index contributed by atoms with van der Waals surface area (Å²) in [6.45, 7) is 1.87. The van der Waals surface area contributed by atoms with Crippen LogP contribution >= 0.6 is 11.8 Å². The Hall–Kier alpha value is -2.01. The van der Waals surface area contributed by atoms with E-state index in [1.165, 1.54) is 24.3 Å². The van der Waals surface area contributed by atoms with Crippen molar-refractivity contribution in [1.82, 2.24) is 0 Å². The zero-order valence-electron chi connectivity index (χ0n) is 12.5. The maximum atomic E-state index is 12.9. The molecule has 2 aromatic rings. The van der Waals surface area contributed by atoms with E-state index in [9.17, 15) is 9.18 Å². The third-order valence-corrected chi connectivity index (χ3v) is 3.92. The Labute approximate surface area is 133 Å². The Morgan fingerprint density at radius 3 is 2.55 bits per heavy atom. The molecule has 0 saturated carbocycles. The SMILES string of the molecule is CC[C@H](Oc1ccc(F)cc1)C(=O)Nc1ccccc1SC. The van der Waals surface area contributed by atoms with Crippen molar-refractivity contribution in [3.63, 3.8) is 0 Å². The van der Waals surface area contributed by atoms with Gasteiger partial charge in [-0.25, -0.2) is 4.39 Å². The molecule has 0 aliphatic heterocycles. The lowest BCUT2D eigenvalue weighted by Crippen LogP contribution is -2.32. The molecule has 116 valence electrons. The van der Waals surface area contributed by atoms with Gasteiger partial charge in [-0.3, -0.25) is 4.79 Å². The highest BCUT2D eigenvalue weighted by atomic mass is 32.2. The van der Waals surface area contributed by atoms with Gasteiger partial charge in [0.25, 0.3) is 5.91 Å². The summed E-state index contributed by atoms with van der Waals surface area (Å²) in [6.07, 6.45) is 1.85. The molecule has 2 aromatic carbocycles. The molecule has 0 fully saturated rings. The fraction of sp³-hybridized carbons (Fsp3) is 0.235. The molecule has 0 aromatic heterocycles. The summed E-state index contributed by atoms with van der Waals surface area (Å²) in [5.74, 6) is -0.0753. The Morgan fingerprint density at radius 2 is 1.91 bits per heavy atom. The number of hydrogen-bond donors (Lipinski definition) is 1. The average molecular weight is 319 g/mol. The first-order valence-electron chi connectivity index (χ1n) is 7.00. The number of nitrogens with one attached hydrogen (secondary N) is 1. The largest absolute Gasteiger partial charge is 0.481 e. The van der Waals surface area contributed by atoms with Gasteiger partial charge in [0.15, 0.2) is 6.10 Å². The molecule has 5 heteroatoms. The lowest BCUT2D eigenvalue weighted by atomic mass is 10.2. The minimum absolute atomic E-state index is 0.215. The Morgan fingerprint density at radius 1 is 1.23 bits per heavy atom. The highest BCUT2D eigenvalue weighted by molar-refractivity contribution is 7.98. The lowest BCUT2D eigenvalue weighted by Gasteiger charge is -2.18. The molecule has 1 N–H and O–H groups in total. The monoisotopic (exact) mass is 319 g/mol. The van der Waals surface area contributed by atoms with Crippen LogP contribution in [0.2, 0.25) is 0 Å². The van der Waals surface area contributed by atoms with Crippen LogP contribution in [0.5, 0.6) is 5.75 Å².